The van der Waals surface area contributed by atoms with Crippen LogP contribution in [0.3, 0.4) is 0 Å². The predicted molar refractivity (Wildman–Crippen MR) is 48.6 cm³/mol. The molecule has 0 aliphatic carbocycles. The van der Waals surface area contributed by atoms with Gasteiger partial charge in [-0.05, 0) is 18.6 Å². The second-order valence-corrected chi connectivity index (χ2v) is 2.98. The molecular formula is C8H7ClF2N2O. The van der Waals surface area contributed by atoms with Crippen molar-refractivity contribution in [3.63, 3.8) is 0 Å². The SMILES string of the molecule is Cc1cc(NC(=O)C(F)F)cnc1Cl. The number of alkyl halides is 2. The van der Waals surface area contributed by atoms with Crippen molar-refractivity contribution < 1.29 is 13.6 Å². The van der Waals surface area contributed by atoms with Gasteiger partial charge >= 0.3 is 6.43 Å². The zero-order valence-electron chi connectivity index (χ0n) is 7.22. The minimum Gasteiger partial charge on any atom is -0.320 e. The van der Waals surface area contributed by atoms with Crippen LogP contribution in [0.2, 0.25) is 5.15 Å². The number of aryl methyl sites for hydroxylation is 1. The van der Waals surface area contributed by atoms with E-state index in [1.807, 2.05) is 5.32 Å². The summed E-state index contributed by atoms with van der Waals surface area (Å²) < 4.78 is 23.7. The van der Waals surface area contributed by atoms with E-state index in [4.69, 9.17) is 11.6 Å². The van der Waals surface area contributed by atoms with Gasteiger partial charge in [0.1, 0.15) is 5.15 Å². The molecule has 3 nitrogen and oxygen atoms in total. The van der Waals surface area contributed by atoms with Crippen LogP contribution < -0.4 is 5.32 Å². The molecule has 14 heavy (non-hydrogen) atoms. The smallest absolute Gasteiger partial charge is 0.315 e. The second-order valence-electron chi connectivity index (χ2n) is 2.62. The van der Waals surface area contributed by atoms with E-state index in [1.165, 1.54) is 12.3 Å². The minimum absolute atomic E-state index is 0.206. The Balaban J connectivity index is 2.78. The second kappa shape index (κ2) is 4.32. The molecule has 76 valence electrons. The van der Waals surface area contributed by atoms with Crippen LogP contribution in [-0.4, -0.2) is 17.3 Å². The number of hydrogen-bond donors (Lipinski definition) is 1. The van der Waals surface area contributed by atoms with Crippen LogP contribution in [0.4, 0.5) is 14.5 Å². The largest absolute Gasteiger partial charge is 0.320 e. The molecule has 0 radical (unpaired) electrons. The van der Waals surface area contributed by atoms with E-state index in [0.717, 1.165) is 0 Å². The highest BCUT2D eigenvalue weighted by Gasteiger charge is 2.15. The van der Waals surface area contributed by atoms with Gasteiger partial charge < -0.3 is 5.32 Å². The number of nitrogens with zero attached hydrogens (tertiary/aromatic N) is 1. The summed E-state index contributed by atoms with van der Waals surface area (Å²) in [6.45, 7) is 1.66. The first-order valence-corrected chi connectivity index (χ1v) is 4.09. The Morgan fingerprint density at radius 1 is 1.64 bits per heavy atom. The number of carbonyl (C=O) groups is 1. The van der Waals surface area contributed by atoms with Crippen molar-refractivity contribution in [2.24, 2.45) is 0 Å². The molecule has 0 aliphatic heterocycles. The number of hydrogen-bond acceptors (Lipinski definition) is 2. The van der Waals surface area contributed by atoms with E-state index >= 15 is 0 Å². The van der Waals surface area contributed by atoms with Gasteiger partial charge in [0.15, 0.2) is 0 Å². The Morgan fingerprint density at radius 3 is 2.79 bits per heavy atom. The Hall–Kier alpha value is -1.23. The molecule has 1 aromatic heterocycles. The summed E-state index contributed by atoms with van der Waals surface area (Å²) in [4.78, 5) is 14.3. The summed E-state index contributed by atoms with van der Waals surface area (Å²) in [7, 11) is 0. The lowest BCUT2D eigenvalue weighted by Crippen LogP contribution is -2.20. The lowest BCUT2D eigenvalue weighted by molar-refractivity contribution is -0.126. The normalized spacial score (nSPS) is 10.4. The molecule has 0 atom stereocenters. The quantitative estimate of drug-likeness (QED) is 0.777. The van der Waals surface area contributed by atoms with Crippen molar-refractivity contribution in [3.8, 4) is 0 Å². The van der Waals surface area contributed by atoms with E-state index in [-0.39, 0.29) is 10.8 Å². The molecule has 0 fully saturated rings. The molecule has 1 rings (SSSR count). The van der Waals surface area contributed by atoms with Crippen LogP contribution in [-0.2, 0) is 4.79 Å². The lowest BCUT2D eigenvalue weighted by atomic mass is 10.3. The van der Waals surface area contributed by atoms with Crippen LogP contribution >= 0.6 is 11.6 Å². The topological polar surface area (TPSA) is 42.0 Å². The molecule has 0 saturated heterocycles. The van der Waals surface area contributed by atoms with Crippen LogP contribution in [0.5, 0.6) is 0 Å². The predicted octanol–water partition coefficient (Wildman–Crippen LogP) is 2.25. The maximum Gasteiger partial charge on any atom is 0.315 e. The number of amides is 1. The molecule has 0 aromatic carbocycles. The Morgan fingerprint density at radius 2 is 2.29 bits per heavy atom. The summed E-state index contributed by atoms with van der Waals surface area (Å²) in [5, 5.41) is 2.28. The zero-order chi connectivity index (χ0) is 10.7. The van der Waals surface area contributed by atoms with Gasteiger partial charge in [0.05, 0.1) is 11.9 Å². The first-order chi connectivity index (χ1) is 6.50. The van der Waals surface area contributed by atoms with Gasteiger partial charge in [-0.3, -0.25) is 4.79 Å². The molecule has 0 saturated carbocycles. The summed E-state index contributed by atoms with van der Waals surface area (Å²) in [5.41, 5.74) is 0.816. The monoisotopic (exact) mass is 220 g/mol. The highest BCUT2D eigenvalue weighted by atomic mass is 35.5. The average molecular weight is 221 g/mol. The number of pyridine rings is 1. The van der Waals surface area contributed by atoms with E-state index in [1.54, 1.807) is 6.92 Å². The standard InChI is InChI=1S/C8H7ClF2N2O/c1-4-2-5(3-12-6(4)9)13-8(14)7(10)11/h2-3,7H,1H3,(H,13,14). The number of carbonyl (C=O) groups excluding carboxylic acids is 1. The lowest BCUT2D eigenvalue weighted by Gasteiger charge is -2.04. The van der Waals surface area contributed by atoms with Gasteiger partial charge in [-0.1, -0.05) is 11.6 Å². The fourth-order valence-corrected chi connectivity index (χ4v) is 0.927. The van der Waals surface area contributed by atoms with Gasteiger partial charge in [-0.2, -0.15) is 8.78 Å². The van der Waals surface area contributed by atoms with E-state index in [9.17, 15) is 13.6 Å². The van der Waals surface area contributed by atoms with Crippen LogP contribution in [0.1, 0.15) is 5.56 Å². The van der Waals surface area contributed by atoms with Gasteiger partial charge in [0.25, 0.3) is 5.91 Å². The van der Waals surface area contributed by atoms with Crippen molar-refractivity contribution in [1.82, 2.24) is 4.98 Å². The Bertz CT molecular complexity index is 357. The maximum atomic E-state index is 11.8. The molecule has 1 N–H and O–H groups in total. The van der Waals surface area contributed by atoms with Gasteiger partial charge in [0.2, 0.25) is 0 Å². The van der Waals surface area contributed by atoms with Crippen LogP contribution in [0.25, 0.3) is 0 Å². The zero-order valence-corrected chi connectivity index (χ0v) is 7.98. The third-order valence-electron chi connectivity index (χ3n) is 1.48. The number of halogens is 3. The van der Waals surface area contributed by atoms with Crippen molar-refractivity contribution in [1.29, 1.82) is 0 Å². The van der Waals surface area contributed by atoms with E-state index in [0.29, 0.717) is 5.56 Å². The molecule has 0 unspecified atom stereocenters. The molecule has 1 aromatic rings. The first kappa shape index (κ1) is 10.8. The highest BCUT2D eigenvalue weighted by molar-refractivity contribution is 6.30. The molecular weight excluding hydrogens is 214 g/mol. The maximum absolute atomic E-state index is 11.8. The fourth-order valence-electron chi connectivity index (χ4n) is 0.823. The molecule has 0 bridgehead atoms. The molecule has 0 spiro atoms. The Labute approximate surface area is 84.1 Å². The number of anilines is 1. The van der Waals surface area contributed by atoms with Crippen molar-refractivity contribution in [2.75, 3.05) is 5.32 Å². The molecule has 0 aliphatic rings. The van der Waals surface area contributed by atoms with Crippen molar-refractivity contribution in [3.05, 3.63) is 23.0 Å². The third kappa shape index (κ3) is 2.63. The molecule has 6 heteroatoms. The number of aromatic nitrogens is 1. The Kier molecular flexibility index (Phi) is 3.35. The highest BCUT2D eigenvalue weighted by Crippen LogP contribution is 2.16. The summed E-state index contributed by atoms with van der Waals surface area (Å²) >= 11 is 5.61. The molecule has 1 amide bonds. The van der Waals surface area contributed by atoms with Crippen LogP contribution in [0, 0.1) is 6.92 Å². The van der Waals surface area contributed by atoms with Gasteiger partial charge in [0, 0.05) is 0 Å². The van der Waals surface area contributed by atoms with Gasteiger partial charge in [-0.25, -0.2) is 4.98 Å². The van der Waals surface area contributed by atoms with E-state index < -0.39 is 12.3 Å². The minimum atomic E-state index is -3.04. The number of nitrogens with one attached hydrogen (secondary N) is 1. The molecule has 1 heterocycles. The summed E-state index contributed by atoms with van der Waals surface area (Å²) in [6, 6.07) is 1.47. The van der Waals surface area contributed by atoms with Gasteiger partial charge in [-0.15, -0.1) is 0 Å². The summed E-state index contributed by atoms with van der Waals surface area (Å²) in [6.07, 6.45) is -1.82. The van der Waals surface area contributed by atoms with Crippen LogP contribution in [0.15, 0.2) is 12.3 Å². The first-order valence-electron chi connectivity index (χ1n) is 3.72. The fraction of sp³-hybridized carbons (Fsp3) is 0.250. The van der Waals surface area contributed by atoms with Crippen molar-refractivity contribution >= 4 is 23.2 Å². The number of rotatable bonds is 2. The van der Waals surface area contributed by atoms with E-state index in [2.05, 4.69) is 4.98 Å². The third-order valence-corrected chi connectivity index (χ3v) is 1.88. The van der Waals surface area contributed by atoms with Crippen molar-refractivity contribution in [2.45, 2.75) is 13.3 Å². The summed E-state index contributed by atoms with van der Waals surface area (Å²) in [5.74, 6) is -1.35. The average Bonchev–Trinajstić information content (AvgIpc) is 2.11.